The Labute approximate surface area is 94.9 Å². The van der Waals surface area contributed by atoms with Crippen molar-refractivity contribution < 1.29 is 0 Å². The van der Waals surface area contributed by atoms with Crippen molar-refractivity contribution in [3.8, 4) is 0 Å². The lowest BCUT2D eigenvalue weighted by atomic mass is 9.81. The van der Waals surface area contributed by atoms with E-state index in [4.69, 9.17) is 5.73 Å². The highest BCUT2D eigenvalue weighted by atomic mass is 15.3. The Bertz CT molecular complexity index is 499. The molecule has 0 saturated heterocycles. The Morgan fingerprint density at radius 3 is 2.50 bits per heavy atom. The highest BCUT2D eigenvalue weighted by Gasteiger charge is 2.28. The fourth-order valence-corrected chi connectivity index (χ4v) is 1.96. The molecule has 0 saturated carbocycles. The number of hydrogen-bond donors (Lipinski definition) is 2. The largest absolute Gasteiger partial charge is 0.367 e. The minimum atomic E-state index is -0.212. The van der Waals surface area contributed by atoms with Crippen molar-refractivity contribution in [1.82, 2.24) is 15.2 Å². The van der Waals surface area contributed by atoms with Crippen LogP contribution in [0.3, 0.4) is 0 Å². The first-order valence-corrected chi connectivity index (χ1v) is 5.26. The van der Waals surface area contributed by atoms with E-state index < -0.39 is 0 Å². The van der Waals surface area contributed by atoms with E-state index >= 15 is 0 Å². The van der Waals surface area contributed by atoms with Gasteiger partial charge in [-0.2, -0.15) is 4.98 Å². The van der Waals surface area contributed by atoms with Gasteiger partial charge in [-0.1, -0.05) is 24.3 Å². The standard InChI is InChI=1S/C12H16N4/c1-8-6-4-5-7-9(8)12(2,3)10-14-11(13)16-15-10/h4-7H,1-3H3,(H3,13,14,15,16). The van der Waals surface area contributed by atoms with Crippen LogP contribution in [0.25, 0.3) is 0 Å². The molecule has 0 radical (unpaired) electrons. The van der Waals surface area contributed by atoms with Crippen LogP contribution in [0.2, 0.25) is 0 Å². The molecule has 0 aliphatic carbocycles. The average Bonchev–Trinajstić information content (AvgIpc) is 2.66. The molecule has 16 heavy (non-hydrogen) atoms. The fraction of sp³-hybridized carbons (Fsp3) is 0.333. The van der Waals surface area contributed by atoms with Gasteiger partial charge in [-0.15, -0.1) is 5.10 Å². The minimum absolute atomic E-state index is 0.212. The number of anilines is 1. The van der Waals surface area contributed by atoms with Crippen LogP contribution >= 0.6 is 0 Å². The van der Waals surface area contributed by atoms with E-state index in [9.17, 15) is 0 Å². The number of aromatic amines is 1. The van der Waals surface area contributed by atoms with Gasteiger partial charge in [0, 0.05) is 5.41 Å². The Balaban J connectivity index is 2.50. The van der Waals surface area contributed by atoms with Crippen molar-refractivity contribution in [3.63, 3.8) is 0 Å². The van der Waals surface area contributed by atoms with Crippen LogP contribution in [0.1, 0.15) is 30.8 Å². The molecule has 2 rings (SSSR count). The molecule has 1 heterocycles. The Kier molecular flexibility index (Phi) is 2.42. The molecular formula is C12H16N4. The molecular weight excluding hydrogens is 200 g/mol. The van der Waals surface area contributed by atoms with Gasteiger partial charge in [0.15, 0.2) is 0 Å². The molecule has 0 bridgehead atoms. The highest BCUT2D eigenvalue weighted by Crippen LogP contribution is 2.31. The van der Waals surface area contributed by atoms with Crippen LogP contribution in [-0.2, 0) is 5.41 Å². The smallest absolute Gasteiger partial charge is 0.239 e. The number of H-pyrrole nitrogens is 1. The van der Waals surface area contributed by atoms with Crippen LogP contribution in [0.4, 0.5) is 5.95 Å². The molecule has 3 N–H and O–H groups in total. The van der Waals surface area contributed by atoms with E-state index in [1.165, 1.54) is 11.1 Å². The fourth-order valence-electron chi connectivity index (χ4n) is 1.96. The molecule has 0 amide bonds. The highest BCUT2D eigenvalue weighted by molar-refractivity contribution is 5.37. The van der Waals surface area contributed by atoms with Gasteiger partial charge in [-0.05, 0) is 31.9 Å². The summed E-state index contributed by atoms with van der Waals surface area (Å²) < 4.78 is 0. The number of nitrogens with two attached hydrogens (primary N) is 1. The number of hydrogen-bond acceptors (Lipinski definition) is 3. The molecule has 0 spiro atoms. The van der Waals surface area contributed by atoms with Gasteiger partial charge in [-0.3, -0.25) is 5.10 Å². The molecule has 1 aromatic heterocycles. The molecule has 84 valence electrons. The SMILES string of the molecule is Cc1ccccc1C(C)(C)c1nc(N)n[nH]1. The molecule has 0 atom stereocenters. The molecule has 1 aromatic carbocycles. The third-order valence-corrected chi connectivity index (χ3v) is 2.91. The van der Waals surface area contributed by atoms with Crippen LogP contribution in [0, 0.1) is 6.92 Å². The van der Waals surface area contributed by atoms with Crippen LogP contribution in [0.15, 0.2) is 24.3 Å². The van der Waals surface area contributed by atoms with Crippen molar-refractivity contribution in [2.75, 3.05) is 5.73 Å². The summed E-state index contributed by atoms with van der Waals surface area (Å²) >= 11 is 0. The summed E-state index contributed by atoms with van der Waals surface area (Å²) in [4.78, 5) is 4.21. The average molecular weight is 216 g/mol. The summed E-state index contributed by atoms with van der Waals surface area (Å²) in [5, 5.41) is 6.77. The summed E-state index contributed by atoms with van der Waals surface area (Å²) in [6.07, 6.45) is 0. The zero-order chi connectivity index (χ0) is 11.8. The third-order valence-electron chi connectivity index (χ3n) is 2.91. The number of nitrogens with zero attached hydrogens (tertiary/aromatic N) is 2. The van der Waals surface area contributed by atoms with E-state index in [1.807, 2.05) is 12.1 Å². The van der Waals surface area contributed by atoms with Gasteiger partial charge in [0.2, 0.25) is 5.95 Å². The molecule has 0 aliphatic heterocycles. The van der Waals surface area contributed by atoms with E-state index in [-0.39, 0.29) is 11.4 Å². The van der Waals surface area contributed by atoms with Crippen molar-refractivity contribution in [2.24, 2.45) is 0 Å². The second kappa shape index (κ2) is 3.63. The maximum absolute atomic E-state index is 5.54. The van der Waals surface area contributed by atoms with Gasteiger partial charge in [0.1, 0.15) is 5.82 Å². The summed E-state index contributed by atoms with van der Waals surface area (Å²) in [5.41, 5.74) is 7.79. The quantitative estimate of drug-likeness (QED) is 0.807. The number of nitrogens with one attached hydrogen (secondary N) is 1. The number of aryl methyl sites for hydroxylation is 1. The summed E-state index contributed by atoms with van der Waals surface area (Å²) in [5.74, 6) is 1.08. The Hall–Kier alpha value is -1.84. The zero-order valence-corrected chi connectivity index (χ0v) is 9.78. The number of aromatic nitrogens is 3. The predicted octanol–water partition coefficient (Wildman–Crippen LogP) is 2.02. The molecule has 4 nitrogen and oxygen atoms in total. The van der Waals surface area contributed by atoms with Crippen molar-refractivity contribution >= 4 is 5.95 Å². The van der Waals surface area contributed by atoms with Crippen LogP contribution in [-0.4, -0.2) is 15.2 Å². The second-order valence-corrected chi connectivity index (χ2v) is 4.48. The van der Waals surface area contributed by atoms with Gasteiger partial charge in [0.05, 0.1) is 0 Å². The van der Waals surface area contributed by atoms with Gasteiger partial charge < -0.3 is 5.73 Å². The van der Waals surface area contributed by atoms with E-state index in [0.29, 0.717) is 0 Å². The first-order valence-electron chi connectivity index (χ1n) is 5.26. The lowest BCUT2D eigenvalue weighted by molar-refractivity contribution is 0.590. The van der Waals surface area contributed by atoms with E-state index in [1.54, 1.807) is 0 Å². The molecule has 2 aromatic rings. The molecule has 0 fully saturated rings. The topological polar surface area (TPSA) is 67.6 Å². The predicted molar refractivity (Wildman–Crippen MR) is 64.1 cm³/mol. The maximum atomic E-state index is 5.54. The zero-order valence-electron chi connectivity index (χ0n) is 9.78. The number of rotatable bonds is 2. The molecule has 0 aliphatic rings. The lowest BCUT2D eigenvalue weighted by Gasteiger charge is -2.24. The maximum Gasteiger partial charge on any atom is 0.239 e. The van der Waals surface area contributed by atoms with Crippen molar-refractivity contribution in [3.05, 3.63) is 41.2 Å². The first kappa shape index (κ1) is 10.7. The normalized spacial score (nSPS) is 11.7. The minimum Gasteiger partial charge on any atom is -0.367 e. The number of nitrogen functional groups attached to an aromatic ring is 1. The number of benzene rings is 1. The summed E-state index contributed by atoms with van der Waals surface area (Å²) in [6.45, 7) is 6.31. The van der Waals surface area contributed by atoms with Gasteiger partial charge in [0.25, 0.3) is 0 Å². The van der Waals surface area contributed by atoms with Gasteiger partial charge in [-0.25, -0.2) is 0 Å². The van der Waals surface area contributed by atoms with Crippen molar-refractivity contribution in [2.45, 2.75) is 26.2 Å². The summed E-state index contributed by atoms with van der Waals surface area (Å²) in [6, 6.07) is 8.26. The van der Waals surface area contributed by atoms with E-state index in [0.717, 1.165) is 5.82 Å². The first-order chi connectivity index (χ1) is 7.51. The Morgan fingerprint density at radius 1 is 1.25 bits per heavy atom. The van der Waals surface area contributed by atoms with Crippen molar-refractivity contribution in [1.29, 1.82) is 0 Å². The Morgan fingerprint density at radius 2 is 1.94 bits per heavy atom. The third kappa shape index (κ3) is 1.66. The van der Waals surface area contributed by atoms with Crippen LogP contribution in [0.5, 0.6) is 0 Å². The second-order valence-electron chi connectivity index (χ2n) is 4.48. The molecule has 0 unspecified atom stereocenters. The monoisotopic (exact) mass is 216 g/mol. The summed E-state index contributed by atoms with van der Waals surface area (Å²) in [7, 11) is 0. The van der Waals surface area contributed by atoms with E-state index in [2.05, 4.69) is 48.1 Å². The lowest BCUT2D eigenvalue weighted by Crippen LogP contribution is -2.22. The van der Waals surface area contributed by atoms with Crippen LogP contribution < -0.4 is 5.73 Å². The molecule has 4 heteroatoms. The van der Waals surface area contributed by atoms with Gasteiger partial charge >= 0.3 is 0 Å².